The van der Waals surface area contributed by atoms with E-state index in [1.54, 1.807) is 0 Å². The summed E-state index contributed by atoms with van der Waals surface area (Å²) >= 11 is 0. The summed E-state index contributed by atoms with van der Waals surface area (Å²) in [5, 5.41) is 5.08. The molecule has 55 heavy (non-hydrogen) atoms. The molecule has 0 atom stereocenters. The molecule has 0 saturated carbocycles. The molecule has 8 aromatic rings. The maximum absolute atomic E-state index is 2.52. The molecule has 10 rings (SSSR count). The highest BCUT2D eigenvalue weighted by Crippen LogP contribution is 2.56. The summed E-state index contributed by atoms with van der Waals surface area (Å²) in [5.41, 5.74) is 18.0. The Bertz CT molecular complexity index is 2840. The zero-order valence-electron chi connectivity index (χ0n) is 33.0. The molecule has 0 N–H and O–H groups in total. The van der Waals surface area contributed by atoms with Crippen LogP contribution < -0.4 is 4.90 Å². The van der Waals surface area contributed by atoms with Crippen LogP contribution in [0.25, 0.3) is 54.9 Å². The Labute approximate surface area is 325 Å². The fraction of sp³-hybridized carbons (Fsp3) is 0.185. The Morgan fingerprint density at radius 1 is 0.418 bits per heavy atom. The maximum atomic E-state index is 2.52. The van der Waals surface area contributed by atoms with Gasteiger partial charge in [0.05, 0.1) is 5.69 Å². The van der Waals surface area contributed by atoms with E-state index >= 15 is 0 Å². The van der Waals surface area contributed by atoms with E-state index in [1.807, 2.05) is 0 Å². The highest BCUT2D eigenvalue weighted by molar-refractivity contribution is 6.08. The number of hydrogen-bond acceptors (Lipinski definition) is 1. The maximum Gasteiger partial charge on any atom is 0.0546 e. The molecule has 0 amide bonds. The van der Waals surface area contributed by atoms with Crippen molar-refractivity contribution in [3.8, 4) is 33.4 Å². The zero-order valence-corrected chi connectivity index (χ0v) is 33.0. The average molecular weight is 710 g/mol. The van der Waals surface area contributed by atoms with Crippen LogP contribution in [0.5, 0.6) is 0 Å². The van der Waals surface area contributed by atoms with Gasteiger partial charge in [-0.3, -0.25) is 0 Å². The van der Waals surface area contributed by atoms with Crippen LogP contribution in [0.15, 0.2) is 158 Å². The molecule has 0 bridgehead atoms. The topological polar surface area (TPSA) is 3.24 Å². The van der Waals surface area contributed by atoms with Gasteiger partial charge in [0.25, 0.3) is 0 Å². The molecule has 8 aromatic carbocycles. The minimum absolute atomic E-state index is 0.0499. The molecule has 0 saturated heterocycles. The van der Waals surface area contributed by atoms with E-state index in [1.165, 1.54) is 88.4 Å². The molecule has 0 spiro atoms. The van der Waals surface area contributed by atoms with Crippen LogP contribution in [0.2, 0.25) is 0 Å². The number of fused-ring (bicyclic) bond motifs is 8. The van der Waals surface area contributed by atoms with Crippen molar-refractivity contribution in [1.82, 2.24) is 0 Å². The highest BCUT2D eigenvalue weighted by atomic mass is 15.1. The van der Waals surface area contributed by atoms with E-state index in [0.29, 0.717) is 0 Å². The van der Waals surface area contributed by atoms with Crippen LogP contribution in [-0.2, 0) is 16.2 Å². The third kappa shape index (κ3) is 4.99. The molecule has 0 heterocycles. The van der Waals surface area contributed by atoms with Crippen molar-refractivity contribution in [2.75, 3.05) is 4.90 Å². The van der Waals surface area contributed by atoms with Gasteiger partial charge in [-0.15, -0.1) is 0 Å². The molecule has 0 fully saturated rings. The predicted molar refractivity (Wildman–Crippen MR) is 235 cm³/mol. The average Bonchev–Trinajstić information content (AvgIpc) is 3.56. The van der Waals surface area contributed by atoms with Crippen molar-refractivity contribution in [3.63, 3.8) is 0 Å². The number of rotatable bonds is 4. The molecule has 2 aliphatic carbocycles. The van der Waals surface area contributed by atoms with Crippen molar-refractivity contribution < 1.29 is 0 Å². The van der Waals surface area contributed by atoms with Crippen LogP contribution in [0.4, 0.5) is 17.1 Å². The number of hydrogen-bond donors (Lipinski definition) is 0. The standard InChI is InChI=1S/C54H47N/c1-52(2,3)37-24-26-38(27-25-37)55(39-28-29-47-45(33-39)44-31-35-16-8-9-17-36(35)32-48(44)53(47,4)5)49-30-23-34-15-10-11-18-40(34)50(49)43-21-14-20-42-41-19-12-13-22-46(41)54(6,7)51(42)43/h8-33H,1-7H3. The fourth-order valence-electron chi connectivity index (χ4n) is 9.89. The van der Waals surface area contributed by atoms with Crippen molar-refractivity contribution >= 4 is 38.6 Å². The molecule has 268 valence electrons. The van der Waals surface area contributed by atoms with Gasteiger partial charge in [-0.2, -0.15) is 0 Å². The number of nitrogens with zero attached hydrogens (tertiary/aromatic N) is 1. The first-order valence-electron chi connectivity index (χ1n) is 19.8. The van der Waals surface area contributed by atoms with E-state index in [2.05, 4.69) is 211 Å². The molecular weight excluding hydrogens is 663 g/mol. The van der Waals surface area contributed by atoms with Crippen LogP contribution in [0.1, 0.15) is 76.3 Å². The van der Waals surface area contributed by atoms with Crippen molar-refractivity contribution in [2.24, 2.45) is 0 Å². The van der Waals surface area contributed by atoms with Crippen molar-refractivity contribution in [3.05, 3.63) is 186 Å². The van der Waals surface area contributed by atoms with Crippen LogP contribution in [-0.4, -0.2) is 0 Å². The van der Waals surface area contributed by atoms with Crippen LogP contribution >= 0.6 is 0 Å². The zero-order chi connectivity index (χ0) is 37.9. The third-order valence-corrected chi connectivity index (χ3v) is 12.8. The summed E-state index contributed by atoms with van der Waals surface area (Å²) in [6.07, 6.45) is 0. The molecule has 1 nitrogen and oxygen atoms in total. The lowest BCUT2D eigenvalue weighted by atomic mass is 9.78. The smallest absolute Gasteiger partial charge is 0.0546 e. The van der Waals surface area contributed by atoms with Gasteiger partial charge >= 0.3 is 0 Å². The largest absolute Gasteiger partial charge is 0.310 e. The predicted octanol–water partition coefficient (Wildman–Crippen LogP) is 15.0. The van der Waals surface area contributed by atoms with Gasteiger partial charge in [0.15, 0.2) is 0 Å². The molecule has 2 aliphatic rings. The molecule has 1 heteroatoms. The van der Waals surface area contributed by atoms with E-state index < -0.39 is 0 Å². The van der Waals surface area contributed by atoms with E-state index in [0.717, 1.165) is 11.4 Å². The lowest BCUT2D eigenvalue weighted by Crippen LogP contribution is -2.18. The quantitative estimate of drug-likeness (QED) is 0.176. The molecule has 0 unspecified atom stereocenters. The van der Waals surface area contributed by atoms with E-state index in [-0.39, 0.29) is 16.2 Å². The Morgan fingerprint density at radius 2 is 1.02 bits per heavy atom. The fourth-order valence-corrected chi connectivity index (χ4v) is 9.89. The van der Waals surface area contributed by atoms with E-state index in [4.69, 9.17) is 0 Å². The Morgan fingerprint density at radius 3 is 1.78 bits per heavy atom. The second-order valence-electron chi connectivity index (χ2n) is 17.8. The lowest BCUT2D eigenvalue weighted by Gasteiger charge is -2.32. The molecule has 0 radical (unpaired) electrons. The first-order valence-corrected chi connectivity index (χ1v) is 19.8. The lowest BCUT2D eigenvalue weighted by molar-refractivity contribution is 0.590. The van der Waals surface area contributed by atoms with Crippen LogP contribution in [0, 0.1) is 0 Å². The van der Waals surface area contributed by atoms with Gasteiger partial charge in [0.1, 0.15) is 0 Å². The summed E-state index contributed by atoms with van der Waals surface area (Å²) in [5.74, 6) is 0. The van der Waals surface area contributed by atoms with Gasteiger partial charge in [0.2, 0.25) is 0 Å². The van der Waals surface area contributed by atoms with Gasteiger partial charge in [0, 0.05) is 27.8 Å². The first kappa shape index (κ1) is 33.6. The minimum Gasteiger partial charge on any atom is -0.310 e. The third-order valence-electron chi connectivity index (χ3n) is 12.8. The number of anilines is 3. The second-order valence-corrected chi connectivity index (χ2v) is 17.8. The monoisotopic (exact) mass is 709 g/mol. The van der Waals surface area contributed by atoms with Crippen LogP contribution in [0.3, 0.4) is 0 Å². The highest BCUT2D eigenvalue weighted by Gasteiger charge is 2.39. The molecular formula is C54H47N. The summed E-state index contributed by atoms with van der Waals surface area (Å²) in [6.45, 7) is 16.4. The number of benzene rings is 8. The van der Waals surface area contributed by atoms with E-state index in [9.17, 15) is 0 Å². The van der Waals surface area contributed by atoms with Crippen molar-refractivity contribution in [2.45, 2.75) is 64.7 Å². The normalized spacial score (nSPS) is 14.7. The van der Waals surface area contributed by atoms with Gasteiger partial charge in [-0.05, 0) is 125 Å². The van der Waals surface area contributed by atoms with Gasteiger partial charge in [-0.25, -0.2) is 0 Å². The summed E-state index contributed by atoms with van der Waals surface area (Å²) in [4.78, 5) is 2.52. The minimum atomic E-state index is -0.165. The summed E-state index contributed by atoms with van der Waals surface area (Å²) in [6, 6.07) is 59.7. The Kier molecular flexibility index (Phi) is 7.21. The SMILES string of the molecule is CC(C)(C)c1ccc(N(c2ccc3c(c2)-c2cc4ccccc4cc2C3(C)C)c2ccc3ccccc3c2-c2cccc3c2C(C)(C)c2ccccc2-3)cc1. The van der Waals surface area contributed by atoms with Gasteiger partial charge in [-0.1, -0.05) is 164 Å². The first-order chi connectivity index (χ1) is 26.4. The molecule has 0 aliphatic heterocycles. The summed E-state index contributed by atoms with van der Waals surface area (Å²) < 4.78 is 0. The van der Waals surface area contributed by atoms with Gasteiger partial charge < -0.3 is 4.90 Å². The van der Waals surface area contributed by atoms with Crippen molar-refractivity contribution in [1.29, 1.82) is 0 Å². The Hall–Kier alpha value is -5.92. The Balaban J connectivity index is 1.26. The second kappa shape index (κ2) is 11.8. The molecule has 0 aromatic heterocycles. The summed E-state index contributed by atoms with van der Waals surface area (Å²) in [7, 11) is 0.